The first-order valence-corrected chi connectivity index (χ1v) is 5.27. The van der Waals surface area contributed by atoms with Crippen LogP contribution in [0.25, 0.3) is 0 Å². The average Bonchev–Trinajstić information content (AvgIpc) is 2.18. The van der Waals surface area contributed by atoms with Crippen molar-refractivity contribution in [1.82, 2.24) is 0 Å². The van der Waals surface area contributed by atoms with Gasteiger partial charge in [0.25, 0.3) is 0 Å². The molecule has 0 aliphatic rings. The van der Waals surface area contributed by atoms with Gasteiger partial charge in [0.15, 0.2) is 0 Å². The molecule has 0 saturated carbocycles. The molecule has 3 N–H and O–H groups in total. The number of anilines is 1. The Morgan fingerprint density at radius 3 is 2.73 bits per heavy atom. The van der Waals surface area contributed by atoms with E-state index >= 15 is 0 Å². The van der Waals surface area contributed by atoms with E-state index in [4.69, 9.17) is 10.8 Å². The van der Waals surface area contributed by atoms with Gasteiger partial charge in [0.1, 0.15) is 0 Å². The van der Waals surface area contributed by atoms with Crippen LogP contribution < -0.4 is 5.73 Å². The van der Waals surface area contributed by atoms with E-state index in [-0.39, 0.29) is 0 Å². The van der Waals surface area contributed by atoms with Gasteiger partial charge >= 0.3 is 5.97 Å². The van der Waals surface area contributed by atoms with Crippen molar-refractivity contribution >= 4 is 11.7 Å². The van der Waals surface area contributed by atoms with Gasteiger partial charge in [-0.3, -0.25) is 0 Å². The molecule has 0 fully saturated rings. The summed E-state index contributed by atoms with van der Waals surface area (Å²) in [7, 11) is 0. The van der Waals surface area contributed by atoms with Crippen LogP contribution in [0.1, 0.15) is 42.1 Å². The largest absolute Gasteiger partial charge is 0.478 e. The molecule has 0 spiro atoms. The molecule has 0 aromatic heterocycles. The fourth-order valence-electron chi connectivity index (χ4n) is 1.59. The second-order valence-corrected chi connectivity index (χ2v) is 3.68. The van der Waals surface area contributed by atoms with Crippen LogP contribution in [-0.2, 0) is 6.42 Å². The molecule has 0 amide bonds. The lowest BCUT2D eigenvalue weighted by atomic mass is 10.0. The van der Waals surface area contributed by atoms with E-state index in [0.717, 1.165) is 31.2 Å². The molecule has 3 heteroatoms. The Hall–Kier alpha value is -1.51. The lowest BCUT2D eigenvalue weighted by Crippen LogP contribution is -2.03. The van der Waals surface area contributed by atoms with Crippen molar-refractivity contribution in [2.75, 3.05) is 5.73 Å². The molecule has 3 nitrogen and oxygen atoms in total. The van der Waals surface area contributed by atoms with Crippen LogP contribution in [0.3, 0.4) is 0 Å². The minimum absolute atomic E-state index is 0.375. The SMILES string of the molecule is CCCCCc1cc(N)ccc1C(=O)O. The van der Waals surface area contributed by atoms with Crippen molar-refractivity contribution in [3.05, 3.63) is 29.3 Å². The highest BCUT2D eigenvalue weighted by molar-refractivity contribution is 5.89. The van der Waals surface area contributed by atoms with E-state index in [1.54, 1.807) is 18.2 Å². The summed E-state index contributed by atoms with van der Waals surface area (Å²) in [6, 6.07) is 4.98. The normalized spacial score (nSPS) is 10.2. The van der Waals surface area contributed by atoms with Crippen molar-refractivity contribution < 1.29 is 9.90 Å². The Balaban J connectivity index is 2.82. The third-order valence-corrected chi connectivity index (χ3v) is 2.41. The number of carbonyl (C=O) groups is 1. The van der Waals surface area contributed by atoms with Gasteiger partial charge in [0.05, 0.1) is 5.56 Å². The van der Waals surface area contributed by atoms with Crippen LogP contribution in [0.5, 0.6) is 0 Å². The predicted molar refractivity (Wildman–Crippen MR) is 61.0 cm³/mol. The van der Waals surface area contributed by atoms with E-state index in [0.29, 0.717) is 11.3 Å². The van der Waals surface area contributed by atoms with Crippen molar-refractivity contribution in [3.63, 3.8) is 0 Å². The molecule has 1 aromatic rings. The zero-order chi connectivity index (χ0) is 11.3. The third kappa shape index (κ3) is 3.27. The molecule has 0 unspecified atom stereocenters. The molecular weight excluding hydrogens is 190 g/mol. The monoisotopic (exact) mass is 207 g/mol. The molecule has 0 radical (unpaired) electrons. The van der Waals surface area contributed by atoms with Crippen LogP contribution in [0.15, 0.2) is 18.2 Å². The highest BCUT2D eigenvalue weighted by Crippen LogP contribution is 2.16. The predicted octanol–water partition coefficient (Wildman–Crippen LogP) is 2.70. The molecule has 15 heavy (non-hydrogen) atoms. The maximum Gasteiger partial charge on any atom is 0.335 e. The number of hydrogen-bond donors (Lipinski definition) is 2. The summed E-state index contributed by atoms with van der Waals surface area (Å²) in [6.45, 7) is 2.12. The first-order chi connectivity index (χ1) is 7.15. The Labute approximate surface area is 89.9 Å². The van der Waals surface area contributed by atoms with Gasteiger partial charge in [-0.2, -0.15) is 0 Å². The molecule has 0 aliphatic carbocycles. The standard InChI is InChI=1S/C12H17NO2/c1-2-3-4-5-9-8-10(13)6-7-11(9)12(14)15/h6-8H,2-5,13H2,1H3,(H,14,15). The quantitative estimate of drug-likeness (QED) is 0.576. The fourth-order valence-corrected chi connectivity index (χ4v) is 1.59. The van der Waals surface area contributed by atoms with Crippen LogP contribution in [-0.4, -0.2) is 11.1 Å². The Morgan fingerprint density at radius 1 is 1.40 bits per heavy atom. The summed E-state index contributed by atoms with van der Waals surface area (Å²) in [5.74, 6) is -0.874. The third-order valence-electron chi connectivity index (χ3n) is 2.41. The van der Waals surface area contributed by atoms with E-state index < -0.39 is 5.97 Å². The van der Waals surface area contributed by atoms with Crippen molar-refractivity contribution in [1.29, 1.82) is 0 Å². The number of benzene rings is 1. The van der Waals surface area contributed by atoms with Gasteiger partial charge in [-0.1, -0.05) is 19.8 Å². The molecule has 1 rings (SSSR count). The molecule has 0 heterocycles. The maximum atomic E-state index is 10.9. The Bertz CT molecular complexity index is 347. The maximum absolute atomic E-state index is 10.9. The number of unbranched alkanes of at least 4 members (excludes halogenated alkanes) is 2. The van der Waals surface area contributed by atoms with E-state index in [2.05, 4.69) is 6.92 Å². The fraction of sp³-hybridized carbons (Fsp3) is 0.417. The summed E-state index contributed by atoms with van der Waals surface area (Å²) in [4.78, 5) is 10.9. The van der Waals surface area contributed by atoms with E-state index in [1.807, 2.05) is 0 Å². The summed E-state index contributed by atoms with van der Waals surface area (Å²) < 4.78 is 0. The number of rotatable bonds is 5. The molecule has 0 saturated heterocycles. The van der Waals surface area contributed by atoms with E-state index in [1.165, 1.54) is 0 Å². The van der Waals surface area contributed by atoms with Gasteiger partial charge in [0.2, 0.25) is 0 Å². The highest BCUT2D eigenvalue weighted by Gasteiger charge is 2.09. The number of nitrogens with two attached hydrogens (primary N) is 1. The van der Waals surface area contributed by atoms with Gasteiger partial charge in [-0.25, -0.2) is 4.79 Å². The molecule has 1 aromatic carbocycles. The number of carboxylic acids is 1. The second-order valence-electron chi connectivity index (χ2n) is 3.68. The molecule has 82 valence electrons. The van der Waals surface area contributed by atoms with Crippen LogP contribution in [0.4, 0.5) is 5.69 Å². The summed E-state index contributed by atoms with van der Waals surface area (Å²) >= 11 is 0. The second kappa shape index (κ2) is 5.39. The lowest BCUT2D eigenvalue weighted by Gasteiger charge is -2.06. The minimum atomic E-state index is -0.874. The number of aromatic carboxylic acids is 1. The number of nitrogen functional groups attached to an aromatic ring is 1. The van der Waals surface area contributed by atoms with Crippen molar-refractivity contribution in [3.8, 4) is 0 Å². The van der Waals surface area contributed by atoms with Gasteiger partial charge in [-0.05, 0) is 36.6 Å². The first kappa shape index (κ1) is 11.6. The highest BCUT2D eigenvalue weighted by atomic mass is 16.4. The summed E-state index contributed by atoms with van der Waals surface area (Å²) in [5.41, 5.74) is 7.49. The minimum Gasteiger partial charge on any atom is -0.478 e. The van der Waals surface area contributed by atoms with E-state index in [9.17, 15) is 4.79 Å². The van der Waals surface area contributed by atoms with Crippen LogP contribution in [0.2, 0.25) is 0 Å². The van der Waals surface area contributed by atoms with Crippen molar-refractivity contribution in [2.45, 2.75) is 32.6 Å². The van der Waals surface area contributed by atoms with Crippen LogP contribution in [0, 0.1) is 0 Å². The number of hydrogen-bond acceptors (Lipinski definition) is 2. The molecule has 0 aliphatic heterocycles. The van der Waals surface area contributed by atoms with Gasteiger partial charge in [-0.15, -0.1) is 0 Å². The van der Waals surface area contributed by atoms with Crippen LogP contribution >= 0.6 is 0 Å². The molecular formula is C12H17NO2. The molecule has 0 bridgehead atoms. The lowest BCUT2D eigenvalue weighted by molar-refractivity contribution is 0.0695. The average molecular weight is 207 g/mol. The zero-order valence-electron chi connectivity index (χ0n) is 8.99. The smallest absolute Gasteiger partial charge is 0.335 e. The number of aryl methyl sites for hydroxylation is 1. The Morgan fingerprint density at radius 2 is 2.13 bits per heavy atom. The van der Waals surface area contributed by atoms with Gasteiger partial charge < -0.3 is 10.8 Å². The van der Waals surface area contributed by atoms with Gasteiger partial charge in [0, 0.05) is 5.69 Å². The zero-order valence-corrected chi connectivity index (χ0v) is 8.99. The number of carboxylic acid groups (broad SMARTS) is 1. The topological polar surface area (TPSA) is 63.3 Å². The first-order valence-electron chi connectivity index (χ1n) is 5.27. The molecule has 0 atom stereocenters. The Kier molecular flexibility index (Phi) is 4.16. The summed E-state index contributed by atoms with van der Waals surface area (Å²) in [5, 5.41) is 8.97. The van der Waals surface area contributed by atoms with Crippen molar-refractivity contribution in [2.24, 2.45) is 0 Å². The summed E-state index contributed by atoms with van der Waals surface area (Å²) in [6.07, 6.45) is 4.05.